The fourth-order valence-corrected chi connectivity index (χ4v) is 3.80. The van der Waals surface area contributed by atoms with Crippen molar-refractivity contribution in [1.82, 2.24) is 14.9 Å². The number of rotatable bonds is 7. The Bertz CT molecular complexity index is 704. The topological polar surface area (TPSA) is 98.7 Å². The molecule has 0 aliphatic carbocycles. The number of aliphatic hydroxyl groups is 1. The van der Waals surface area contributed by atoms with Crippen molar-refractivity contribution in [2.24, 2.45) is 0 Å². The van der Waals surface area contributed by atoms with Crippen molar-refractivity contribution in [2.75, 3.05) is 19.6 Å². The fourth-order valence-electron chi connectivity index (χ4n) is 2.70. The molecule has 8 heteroatoms. The molecule has 0 bridgehead atoms. The zero-order valence-electron chi connectivity index (χ0n) is 14.8. The van der Waals surface area contributed by atoms with Gasteiger partial charge in [-0.15, -0.1) is 0 Å². The number of fused-ring (bicyclic) bond motifs is 1. The van der Waals surface area contributed by atoms with Crippen LogP contribution in [0.1, 0.15) is 37.8 Å². The molecule has 25 heavy (non-hydrogen) atoms. The number of aliphatic hydroxyl groups excluding tert-OH is 1. The molecule has 0 spiro atoms. The largest absolute Gasteiger partial charge is 0.393 e. The molecular weight excluding hydrogens is 342 g/mol. The van der Waals surface area contributed by atoms with E-state index in [-0.39, 0.29) is 17.5 Å². The summed E-state index contributed by atoms with van der Waals surface area (Å²) in [6.45, 7) is 5.45. The highest BCUT2D eigenvalue weighted by Gasteiger charge is 2.23. The minimum absolute atomic E-state index is 0.115. The van der Waals surface area contributed by atoms with Crippen molar-refractivity contribution in [2.45, 2.75) is 50.7 Å². The summed E-state index contributed by atoms with van der Waals surface area (Å²) in [6, 6.07) is 4.94. The first-order valence-electron chi connectivity index (χ1n) is 8.65. The first-order valence-corrected chi connectivity index (χ1v) is 10.1. The van der Waals surface area contributed by atoms with Crippen molar-refractivity contribution in [3.8, 4) is 0 Å². The van der Waals surface area contributed by atoms with Crippen molar-refractivity contribution in [3.63, 3.8) is 0 Å². The fraction of sp³-hybridized carbons (Fsp3) is 0.588. The first kappa shape index (κ1) is 19.7. The predicted molar refractivity (Wildman–Crippen MR) is 95.7 cm³/mol. The summed E-state index contributed by atoms with van der Waals surface area (Å²) in [5.74, 6) is 0. The average molecular weight is 369 g/mol. The van der Waals surface area contributed by atoms with Crippen LogP contribution in [0.5, 0.6) is 0 Å². The highest BCUT2D eigenvalue weighted by atomic mass is 32.2. The minimum atomic E-state index is -3.62. The van der Waals surface area contributed by atoms with Crippen molar-refractivity contribution >= 4 is 16.1 Å². The van der Waals surface area contributed by atoms with E-state index < -0.39 is 16.1 Å². The van der Waals surface area contributed by atoms with Gasteiger partial charge in [0.05, 0.1) is 11.0 Å². The van der Waals surface area contributed by atoms with Gasteiger partial charge in [0.2, 0.25) is 10.0 Å². The van der Waals surface area contributed by atoms with E-state index in [2.05, 4.69) is 10.0 Å². The van der Waals surface area contributed by atoms with Gasteiger partial charge in [-0.1, -0.05) is 13.0 Å². The maximum Gasteiger partial charge on any atom is 0.317 e. The number of carbonyl (C=O) groups excluding carboxylic acids is 1. The second-order valence-corrected chi connectivity index (χ2v) is 8.14. The Balaban J connectivity index is 2.09. The first-order chi connectivity index (χ1) is 11.8. The monoisotopic (exact) mass is 369 g/mol. The summed E-state index contributed by atoms with van der Waals surface area (Å²) in [6.07, 6.45) is 1.39. The van der Waals surface area contributed by atoms with Gasteiger partial charge in [-0.05, 0) is 49.4 Å². The maximum absolute atomic E-state index is 12.4. The molecule has 3 N–H and O–H groups in total. The molecule has 0 saturated carbocycles. The minimum Gasteiger partial charge on any atom is -0.393 e. The Morgan fingerprint density at radius 2 is 2.08 bits per heavy atom. The molecular formula is C17H27N3O4S. The number of carbonyl (C=O) groups is 1. The van der Waals surface area contributed by atoms with E-state index >= 15 is 0 Å². The Hall–Kier alpha value is -1.64. The highest BCUT2D eigenvalue weighted by molar-refractivity contribution is 7.89. The molecule has 0 aromatic heterocycles. The normalized spacial score (nSPS) is 15.6. The lowest BCUT2D eigenvalue weighted by molar-refractivity contribution is 0.186. The molecule has 1 aliphatic rings. The lowest BCUT2D eigenvalue weighted by Crippen LogP contribution is -2.43. The molecule has 0 radical (unpaired) electrons. The lowest BCUT2D eigenvalue weighted by Gasteiger charge is -2.29. The van der Waals surface area contributed by atoms with Crippen LogP contribution in [0.15, 0.2) is 23.1 Å². The molecule has 140 valence electrons. The molecule has 0 fully saturated rings. The molecule has 0 unspecified atom stereocenters. The Labute approximate surface area is 149 Å². The van der Waals surface area contributed by atoms with Gasteiger partial charge in [0.1, 0.15) is 0 Å². The van der Waals surface area contributed by atoms with Gasteiger partial charge in [-0.25, -0.2) is 17.9 Å². The van der Waals surface area contributed by atoms with E-state index in [1.54, 1.807) is 24.0 Å². The van der Waals surface area contributed by atoms with Gasteiger partial charge in [-0.2, -0.15) is 0 Å². The van der Waals surface area contributed by atoms with E-state index in [0.29, 0.717) is 32.5 Å². The van der Waals surface area contributed by atoms with E-state index in [9.17, 15) is 18.3 Å². The van der Waals surface area contributed by atoms with Crippen molar-refractivity contribution < 1.29 is 18.3 Å². The SMILES string of the molecule is CCCNC(=O)N1CCc2ccc(S(=O)(=O)NCC[C@@H](C)O)cc2C1. The number of urea groups is 1. The van der Waals surface area contributed by atoms with Crippen LogP contribution in [0, 0.1) is 0 Å². The van der Waals surface area contributed by atoms with E-state index in [1.807, 2.05) is 13.0 Å². The molecule has 1 atom stereocenters. The van der Waals surface area contributed by atoms with Gasteiger partial charge < -0.3 is 15.3 Å². The van der Waals surface area contributed by atoms with Crippen LogP contribution in [0.2, 0.25) is 0 Å². The standard InChI is InChI=1S/C17H27N3O4S/c1-3-8-18-17(22)20-10-7-14-4-5-16(11-15(14)12-20)25(23,24)19-9-6-13(2)21/h4-5,11,13,19,21H,3,6-10,12H2,1-2H3,(H,18,22)/t13-/m1/s1. The Morgan fingerprint density at radius 1 is 1.32 bits per heavy atom. The van der Waals surface area contributed by atoms with E-state index in [4.69, 9.17) is 0 Å². The molecule has 1 aromatic carbocycles. The number of hydrogen-bond acceptors (Lipinski definition) is 4. The van der Waals surface area contributed by atoms with Crippen LogP contribution in [0.3, 0.4) is 0 Å². The van der Waals surface area contributed by atoms with Gasteiger partial charge in [0, 0.05) is 26.2 Å². The number of amides is 2. The van der Waals surface area contributed by atoms with Crippen LogP contribution in [-0.2, 0) is 23.0 Å². The smallest absolute Gasteiger partial charge is 0.317 e. The summed E-state index contributed by atoms with van der Waals surface area (Å²) >= 11 is 0. The lowest BCUT2D eigenvalue weighted by atomic mass is 10.0. The summed E-state index contributed by atoms with van der Waals surface area (Å²) in [4.78, 5) is 14.0. The molecule has 1 aliphatic heterocycles. The molecule has 1 heterocycles. The van der Waals surface area contributed by atoms with Crippen molar-refractivity contribution in [3.05, 3.63) is 29.3 Å². The molecule has 1 aromatic rings. The third-order valence-electron chi connectivity index (χ3n) is 4.17. The maximum atomic E-state index is 12.4. The number of hydrogen-bond donors (Lipinski definition) is 3. The highest BCUT2D eigenvalue weighted by Crippen LogP contribution is 2.22. The number of nitrogens with zero attached hydrogens (tertiary/aromatic N) is 1. The zero-order valence-corrected chi connectivity index (χ0v) is 15.6. The van der Waals surface area contributed by atoms with Gasteiger partial charge in [0.25, 0.3) is 0 Å². The second-order valence-electron chi connectivity index (χ2n) is 6.37. The summed E-state index contributed by atoms with van der Waals surface area (Å²) < 4.78 is 27.2. The van der Waals surface area contributed by atoms with Crippen LogP contribution < -0.4 is 10.0 Å². The van der Waals surface area contributed by atoms with Crippen molar-refractivity contribution in [1.29, 1.82) is 0 Å². The van der Waals surface area contributed by atoms with E-state index in [0.717, 1.165) is 17.5 Å². The summed E-state index contributed by atoms with van der Waals surface area (Å²) in [5.41, 5.74) is 1.93. The molecule has 7 nitrogen and oxygen atoms in total. The van der Waals surface area contributed by atoms with Crippen LogP contribution in [-0.4, -0.2) is 50.2 Å². The third-order valence-corrected chi connectivity index (χ3v) is 5.63. The van der Waals surface area contributed by atoms with Gasteiger partial charge in [-0.3, -0.25) is 0 Å². The molecule has 0 saturated heterocycles. The van der Waals surface area contributed by atoms with Crippen LogP contribution >= 0.6 is 0 Å². The zero-order chi connectivity index (χ0) is 18.4. The number of nitrogens with one attached hydrogen (secondary N) is 2. The van der Waals surface area contributed by atoms with Crippen LogP contribution in [0.25, 0.3) is 0 Å². The summed E-state index contributed by atoms with van der Waals surface area (Å²) in [7, 11) is -3.62. The summed E-state index contributed by atoms with van der Waals surface area (Å²) in [5, 5.41) is 12.1. The number of sulfonamides is 1. The second kappa shape index (κ2) is 8.64. The predicted octanol–water partition coefficient (Wildman–Crippen LogP) is 1.21. The quantitative estimate of drug-likeness (QED) is 0.673. The Morgan fingerprint density at radius 3 is 2.76 bits per heavy atom. The molecule has 2 rings (SSSR count). The molecule has 2 amide bonds. The Kier molecular flexibility index (Phi) is 6.80. The van der Waals surface area contributed by atoms with Gasteiger partial charge in [0.15, 0.2) is 0 Å². The van der Waals surface area contributed by atoms with E-state index in [1.165, 1.54) is 0 Å². The average Bonchev–Trinajstić information content (AvgIpc) is 2.58. The van der Waals surface area contributed by atoms with Gasteiger partial charge >= 0.3 is 6.03 Å². The number of benzene rings is 1. The van der Waals surface area contributed by atoms with Crippen LogP contribution in [0.4, 0.5) is 4.79 Å². The third kappa shape index (κ3) is 5.42.